The van der Waals surface area contributed by atoms with E-state index in [1.165, 1.54) is 0 Å². The average molecular weight is 166 g/mol. The highest BCUT2D eigenvalue weighted by atomic mass is 19.2. The smallest absolute Gasteiger partial charge is 0.136 e. The lowest BCUT2D eigenvalue weighted by Gasteiger charge is -2.13. The molecule has 0 nitrogen and oxygen atoms in total. The van der Waals surface area contributed by atoms with Crippen molar-refractivity contribution in [3.63, 3.8) is 0 Å². The van der Waals surface area contributed by atoms with Crippen molar-refractivity contribution < 1.29 is 8.78 Å². The maximum Gasteiger partial charge on any atom is 0.136 e. The zero-order valence-corrected chi connectivity index (χ0v) is 6.48. The standard InChI is InChI=1S/C10H8F2/c11-9-5-7-3-1-2-4-8(7)6-10(9)12/h1-4H,5-6H2. The Bertz CT molecular complexity index is 306. The maximum atomic E-state index is 12.8. The van der Waals surface area contributed by atoms with Crippen LogP contribution in [0.4, 0.5) is 8.78 Å². The van der Waals surface area contributed by atoms with Gasteiger partial charge < -0.3 is 0 Å². The van der Waals surface area contributed by atoms with Gasteiger partial charge in [0.2, 0.25) is 0 Å². The summed E-state index contributed by atoms with van der Waals surface area (Å²) >= 11 is 0. The second-order valence-corrected chi connectivity index (χ2v) is 2.93. The SMILES string of the molecule is FC1=C(F)Cc2ccccc2C1. The molecule has 0 radical (unpaired) electrons. The summed E-state index contributed by atoms with van der Waals surface area (Å²) in [7, 11) is 0. The Morgan fingerprint density at radius 2 is 1.25 bits per heavy atom. The summed E-state index contributed by atoms with van der Waals surface area (Å²) in [5.41, 5.74) is 1.80. The van der Waals surface area contributed by atoms with Gasteiger partial charge in [-0.1, -0.05) is 24.3 Å². The van der Waals surface area contributed by atoms with E-state index >= 15 is 0 Å². The van der Waals surface area contributed by atoms with Gasteiger partial charge in [-0.25, -0.2) is 8.78 Å². The molecule has 0 unspecified atom stereocenters. The molecule has 0 aromatic heterocycles. The van der Waals surface area contributed by atoms with Crippen molar-refractivity contribution in [1.29, 1.82) is 0 Å². The second kappa shape index (κ2) is 2.70. The van der Waals surface area contributed by atoms with Crippen molar-refractivity contribution in [3.05, 3.63) is 47.0 Å². The Morgan fingerprint density at radius 1 is 0.833 bits per heavy atom. The van der Waals surface area contributed by atoms with Gasteiger partial charge in [-0.3, -0.25) is 0 Å². The first-order chi connectivity index (χ1) is 5.77. The molecule has 0 fully saturated rings. The fraction of sp³-hybridized carbons (Fsp3) is 0.200. The Kier molecular flexibility index (Phi) is 1.68. The molecule has 0 bridgehead atoms. The lowest BCUT2D eigenvalue weighted by molar-refractivity contribution is 0.496. The molecule has 0 N–H and O–H groups in total. The largest absolute Gasteiger partial charge is 0.209 e. The molecule has 0 amide bonds. The Hall–Kier alpha value is -1.18. The van der Waals surface area contributed by atoms with Crippen molar-refractivity contribution in [2.75, 3.05) is 0 Å². The van der Waals surface area contributed by atoms with Gasteiger partial charge in [-0.2, -0.15) is 0 Å². The molecule has 62 valence electrons. The first kappa shape index (κ1) is 7.47. The van der Waals surface area contributed by atoms with Gasteiger partial charge in [0.05, 0.1) is 0 Å². The molecule has 1 aliphatic carbocycles. The van der Waals surface area contributed by atoms with Crippen LogP contribution in [0, 0.1) is 0 Å². The number of allylic oxidation sites excluding steroid dienone is 2. The number of halogens is 2. The van der Waals surface area contributed by atoms with Gasteiger partial charge in [0.1, 0.15) is 11.7 Å². The van der Waals surface area contributed by atoms with Crippen LogP contribution >= 0.6 is 0 Å². The molecule has 2 heteroatoms. The summed E-state index contributed by atoms with van der Waals surface area (Å²) < 4.78 is 25.5. The normalized spacial score (nSPS) is 16.2. The maximum absolute atomic E-state index is 12.8. The lowest BCUT2D eigenvalue weighted by atomic mass is 9.96. The van der Waals surface area contributed by atoms with Gasteiger partial charge in [0, 0.05) is 12.8 Å². The first-order valence-electron chi connectivity index (χ1n) is 3.87. The van der Waals surface area contributed by atoms with E-state index in [0.717, 1.165) is 11.1 Å². The Labute approximate surface area is 69.5 Å². The molecule has 0 aliphatic heterocycles. The minimum atomic E-state index is -0.617. The van der Waals surface area contributed by atoms with Gasteiger partial charge in [0.15, 0.2) is 0 Å². The zero-order chi connectivity index (χ0) is 8.55. The van der Waals surface area contributed by atoms with E-state index in [-0.39, 0.29) is 12.8 Å². The number of fused-ring (bicyclic) bond motifs is 1. The van der Waals surface area contributed by atoms with E-state index in [1.807, 2.05) is 24.3 Å². The third kappa shape index (κ3) is 1.13. The molecule has 0 saturated heterocycles. The van der Waals surface area contributed by atoms with Crippen LogP contribution in [0.25, 0.3) is 0 Å². The fourth-order valence-electron chi connectivity index (χ4n) is 1.43. The zero-order valence-electron chi connectivity index (χ0n) is 6.48. The van der Waals surface area contributed by atoms with E-state index in [0.29, 0.717) is 0 Å². The van der Waals surface area contributed by atoms with Crippen LogP contribution in [0.3, 0.4) is 0 Å². The van der Waals surface area contributed by atoms with Gasteiger partial charge in [-0.15, -0.1) is 0 Å². The van der Waals surface area contributed by atoms with Crippen LogP contribution in [-0.2, 0) is 12.8 Å². The molecule has 1 aliphatic rings. The van der Waals surface area contributed by atoms with Crippen LogP contribution in [0.15, 0.2) is 35.9 Å². The molecule has 1 aromatic carbocycles. The van der Waals surface area contributed by atoms with Crippen LogP contribution in [0.5, 0.6) is 0 Å². The highest BCUT2D eigenvalue weighted by Crippen LogP contribution is 2.26. The summed E-state index contributed by atoms with van der Waals surface area (Å²) in [5.74, 6) is -1.23. The molecule has 0 atom stereocenters. The average Bonchev–Trinajstić information content (AvgIpc) is 2.07. The molecule has 0 heterocycles. The second-order valence-electron chi connectivity index (χ2n) is 2.93. The van der Waals surface area contributed by atoms with Crippen molar-refractivity contribution in [1.82, 2.24) is 0 Å². The van der Waals surface area contributed by atoms with E-state index in [2.05, 4.69) is 0 Å². The molecule has 12 heavy (non-hydrogen) atoms. The summed E-state index contributed by atoms with van der Waals surface area (Å²) in [6, 6.07) is 7.35. The summed E-state index contributed by atoms with van der Waals surface area (Å²) in [6.45, 7) is 0. The van der Waals surface area contributed by atoms with E-state index < -0.39 is 11.7 Å². The molecule has 2 rings (SSSR count). The van der Waals surface area contributed by atoms with Crippen LogP contribution < -0.4 is 0 Å². The third-order valence-corrected chi connectivity index (χ3v) is 2.10. The predicted molar refractivity (Wildman–Crippen MR) is 43.1 cm³/mol. The van der Waals surface area contributed by atoms with Crippen molar-refractivity contribution in [3.8, 4) is 0 Å². The van der Waals surface area contributed by atoms with Crippen molar-refractivity contribution in [2.24, 2.45) is 0 Å². The molecular formula is C10H8F2. The minimum absolute atomic E-state index is 0.113. The summed E-state index contributed by atoms with van der Waals surface area (Å²) in [6.07, 6.45) is 0.226. The first-order valence-corrected chi connectivity index (χ1v) is 3.87. The summed E-state index contributed by atoms with van der Waals surface area (Å²) in [4.78, 5) is 0. The number of benzene rings is 1. The van der Waals surface area contributed by atoms with Crippen LogP contribution in [0.1, 0.15) is 11.1 Å². The fourth-order valence-corrected chi connectivity index (χ4v) is 1.43. The number of hydrogen-bond acceptors (Lipinski definition) is 0. The highest BCUT2D eigenvalue weighted by Gasteiger charge is 2.16. The predicted octanol–water partition coefficient (Wildman–Crippen LogP) is 2.94. The van der Waals surface area contributed by atoms with Crippen LogP contribution in [-0.4, -0.2) is 0 Å². The van der Waals surface area contributed by atoms with Crippen LogP contribution in [0.2, 0.25) is 0 Å². The Balaban J connectivity index is 2.43. The number of rotatable bonds is 0. The van der Waals surface area contributed by atoms with E-state index in [1.54, 1.807) is 0 Å². The Morgan fingerprint density at radius 3 is 1.67 bits per heavy atom. The van der Waals surface area contributed by atoms with Gasteiger partial charge in [-0.05, 0) is 11.1 Å². The monoisotopic (exact) mass is 166 g/mol. The topological polar surface area (TPSA) is 0 Å². The highest BCUT2D eigenvalue weighted by molar-refractivity contribution is 5.36. The van der Waals surface area contributed by atoms with Crippen molar-refractivity contribution >= 4 is 0 Å². The number of hydrogen-bond donors (Lipinski definition) is 0. The van der Waals surface area contributed by atoms with E-state index in [4.69, 9.17) is 0 Å². The molecule has 1 aromatic rings. The van der Waals surface area contributed by atoms with Crippen molar-refractivity contribution in [2.45, 2.75) is 12.8 Å². The minimum Gasteiger partial charge on any atom is -0.209 e. The quantitative estimate of drug-likeness (QED) is 0.555. The lowest BCUT2D eigenvalue weighted by Crippen LogP contribution is -2.03. The molecule has 0 spiro atoms. The summed E-state index contributed by atoms with van der Waals surface area (Å²) in [5, 5.41) is 0. The van der Waals surface area contributed by atoms with Gasteiger partial charge in [0.25, 0.3) is 0 Å². The molecular weight excluding hydrogens is 158 g/mol. The van der Waals surface area contributed by atoms with Gasteiger partial charge >= 0.3 is 0 Å². The molecule has 0 saturated carbocycles. The third-order valence-electron chi connectivity index (χ3n) is 2.10. The van der Waals surface area contributed by atoms with E-state index in [9.17, 15) is 8.78 Å².